The minimum absolute atomic E-state index is 0.0883. The third-order valence-electron chi connectivity index (χ3n) is 10.6. The molecular weight excluding hydrogens is 619 g/mol. The molecule has 3 aliphatic carbocycles. The molecule has 5 rings (SSSR count). The molecule has 1 aromatic rings. The molecule has 0 aromatic heterocycles. The number of fused-ring (bicyclic) bond motifs is 5. The average Bonchev–Trinajstić information content (AvgIpc) is 2.96. The fourth-order valence-corrected chi connectivity index (χ4v) is 8.80. The summed E-state index contributed by atoms with van der Waals surface area (Å²) in [6.07, 6.45) is -4.51. The van der Waals surface area contributed by atoms with Crippen molar-refractivity contribution >= 4 is 39.1 Å². The van der Waals surface area contributed by atoms with Crippen molar-refractivity contribution in [3.8, 4) is 0 Å². The Balaban J connectivity index is 1.89. The first kappa shape index (κ1) is 34.2. The molecule has 1 aliphatic heterocycles. The van der Waals surface area contributed by atoms with Gasteiger partial charge in [-0.3, -0.25) is 19.2 Å². The van der Waals surface area contributed by atoms with Crippen LogP contribution in [0.15, 0.2) is 41.7 Å². The SMILES string of the molecule is CC(=O)OC1=C2C(C)[C@@H](OC(C)=O)C[C@@](O)([C@@H](OC(=O)c3ccccc3)[C@@H]3[C@]4(OC(C)=O)CO[C@@H]4C[C@H](OP)[C@@]3(C)C1=O)C2(C)C. The van der Waals surface area contributed by atoms with Crippen molar-refractivity contribution in [1.29, 1.82) is 0 Å². The van der Waals surface area contributed by atoms with Crippen LogP contribution in [-0.4, -0.2) is 77.0 Å². The van der Waals surface area contributed by atoms with Gasteiger partial charge >= 0.3 is 23.9 Å². The monoisotopic (exact) mass is 660 g/mol. The van der Waals surface area contributed by atoms with Crippen LogP contribution in [0.1, 0.15) is 71.7 Å². The minimum atomic E-state index is -2.10. The fraction of sp³-hybridized carbons (Fsp3) is 0.606. The molecule has 2 saturated carbocycles. The lowest BCUT2D eigenvalue weighted by Gasteiger charge is -2.67. The molecular formula is C33H41O12P. The summed E-state index contributed by atoms with van der Waals surface area (Å²) >= 11 is 0. The highest BCUT2D eigenvalue weighted by Gasteiger charge is 2.78. The molecule has 2 bridgehead atoms. The van der Waals surface area contributed by atoms with E-state index in [9.17, 15) is 24.3 Å². The van der Waals surface area contributed by atoms with Crippen LogP contribution in [0.2, 0.25) is 0 Å². The van der Waals surface area contributed by atoms with Gasteiger partial charge in [0.25, 0.3) is 0 Å². The van der Waals surface area contributed by atoms with E-state index < -0.39 is 87.9 Å². The van der Waals surface area contributed by atoms with E-state index in [1.165, 1.54) is 13.8 Å². The van der Waals surface area contributed by atoms with Crippen molar-refractivity contribution in [3.05, 3.63) is 47.2 Å². The predicted molar refractivity (Wildman–Crippen MR) is 163 cm³/mol. The van der Waals surface area contributed by atoms with Gasteiger partial charge in [0.1, 0.15) is 23.9 Å². The lowest BCUT2D eigenvalue weighted by molar-refractivity contribution is -0.343. The highest BCUT2D eigenvalue weighted by atomic mass is 31.0. The van der Waals surface area contributed by atoms with Crippen molar-refractivity contribution in [3.63, 3.8) is 0 Å². The number of esters is 4. The molecule has 13 heteroatoms. The summed E-state index contributed by atoms with van der Waals surface area (Å²) in [7, 11) is 2.15. The van der Waals surface area contributed by atoms with Gasteiger partial charge in [-0.25, -0.2) is 4.79 Å². The Morgan fingerprint density at radius 2 is 1.63 bits per heavy atom. The first-order valence-electron chi connectivity index (χ1n) is 15.3. The minimum Gasteiger partial charge on any atom is -0.462 e. The number of Topliss-reactive ketones (excluding diaryl/α,β-unsaturated/α-hetero) is 1. The van der Waals surface area contributed by atoms with Crippen LogP contribution in [0.4, 0.5) is 0 Å². The molecule has 3 fully saturated rings. The summed E-state index contributed by atoms with van der Waals surface area (Å²) in [6.45, 7) is 10.0. The smallest absolute Gasteiger partial charge is 0.338 e. The highest BCUT2D eigenvalue weighted by molar-refractivity contribution is 7.09. The zero-order chi connectivity index (χ0) is 34.0. The molecule has 250 valence electrons. The zero-order valence-corrected chi connectivity index (χ0v) is 28.1. The van der Waals surface area contributed by atoms with Crippen molar-refractivity contribution in [2.75, 3.05) is 6.61 Å². The lowest BCUT2D eigenvalue weighted by Crippen LogP contribution is -2.81. The number of aliphatic hydroxyl groups is 1. The maximum Gasteiger partial charge on any atom is 0.338 e. The van der Waals surface area contributed by atoms with E-state index >= 15 is 4.79 Å². The van der Waals surface area contributed by atoms with Crippen LogP contribution in [0, 0.1) is 22.7 Å². The largest absolute Gasteiger partial charge is 0.462 e. The number of benzene rings is 1. The zero-order valence-electron chi connectivity index (χ0n) is 27.0. The third kappa shape index (κ3) is 5.00. The Morgan fingerprint density at radius 3 is 2.15 bits per heavy atom. The summed E-state index contributed by atoms with van der Waals surface area (Å²) in [5.74, 6) is -5.94. The van der Waals surface area contributed by atoms with Gasteiger partial charge in [-0.2, -0.15) is 0 Å². The topological polar surface area (TPSA) is 161 Å². The van der Waals surface area contributed by atoms with Crippen LogP contribution in [0.25, 0.3) is 0 Å². The molecule has 0 amide bonds. The van der Waals surface area contributed by atoms with Crippen LogP contribution >= 0.6 is 9.47 Å². The first-order valence-corrected chi connectivity index (χ1v) is 15.7. The third-order valence-corrected chi connectivity index (χ3v) is 11.0. The van der Waals surface area contributed by atoms with Crippen LogP contribution in [0.5, 0.6) is 0 Å². The Bertz CT molecular complexity index is 1490. The summed E-state index contributed by atoms with van der Waals surface area (Å²) in [5, 5.41) is 13.2. The predicted octanol–water partition coefficient (Wildman–Crippen LogP) is 3.24. The van der Waals surface area contributed by atoms with Gasteiger partial charge in [0.05, 0.1) is 29.6 Å². The molecule has 1 saturated heterocycles. The van der Waals surface area contributed by atoms with Gasteiger partial charge in [-0.05, 0) is 24.6 Å². The molecule has 46 heavy (non-hydrogen) atoms. The number of allylic oxidation sites excluding steroid dienone is 1. The molecule has 2 unspecified atom stereocenters. The van der Waals surface area contributed by atoms with Crippen molar-refractivity contribution in [1.82, 2.24) is 0 Å². The number of ketones is 1. The van der Waals surface area contributed by atoms with E-state index in [2.05, 4.69) is 9.47 Å². The van der Waals surface area contributed by atoms with E-state index in [1.54, 1.807) is 58.0 Å². The Kier molecular flexibility index (Phi) is 8.77. The van der Waals surface area contributed by atoms with Crippen molar-refractivity contribution in [2.24, 2.45) is 22.7 Å². The van der Waals surface area contributed by atoms with Crippen LogP contribution < -0.4 is 0 Å². The molecule has 10 atom stereocenters. The maximum atomic E-state index is 15.2. The standard InChI is InChI=1S/C33H41O12P/c1-16-21(41-17(2)34)14-33(39)28(43-29(38)20-11-9-8-10-12-20)26-31(7,27(37)25(42-18(3)35)24(16)30(33,5)6)22(45-46)13-23-32(26,15-40-23)44-19(4)36/h8-12,16,21-23,26,28,39H,13-15,46H2,1-7H3/t16?,21-,22-,23+,26-,28-,31+,32-,33+/m0/s1. The Morgan fingerprint density at radius 1 is 0.978 bits per heavy atom. The second-order valence-electron chi connectivity index (χ2n) is 13.5. The number of carbonyl (C=O) groups excluding carboxylic acids is 5. The van der Waals surface area contributed by atoms with Gasteiger partial charge in [-0.1, -0.05) is 39.0 Å². The number of rotatable bonds is 6. The van der Waals surface area contributed by atoms with Crippen molar-refractivity contribution in [2.45, 2.75) is 96.9 Å². The van der Waals surface area contributed by atoms with E-state index in [-0.39, 0.29) is 36.3 Å². The molecule has 12 nitrogen and oxygen atoms in total. The number of hydrogen-bond acceptors (Lipinski definition) is 12. The molecule has 1 aromatic carbocycles. The highest BCUT2D eigenvalue weighted by Crippen LogP contribution is 2.65. The van der Waals surface area contributed by atoms with E-state index in [4.69, 9.17) is 28.2 Å². The maximum absolute atomic E-state index is 15.2. The summed E-state index contributed by atoms with van der Waals surface area (Å²) in [5.41, 5.74) is -6.46. The van der Waals surface area contributed by atoms with Crippen LogP contribution in [0.3, 0.4) is 0 Å². The van der Waals surface area contributed by atoms with Crippen LogP contribution in [-0.2, 0) is 47.4 Å². The summed E-state index contributed by atoms with van der Waals surface area (Å²) < 4.78 is 35.6. The second-order valence-corrected chi connectivity index (χ2v) is 13.8. The molecule has 0 spiro atoms. The molecule has 4 aliphatic rings. The van der Waals surface area contributed by atoms with E-state index in [0.717, 1.165) is 6.92 Å². The average molecular weight is 661 g/mol. The number of ether oxygens (including phenoxy) is 5. The van der Waals surface area contributed by atoms with Crippen molar-refractivity contribution < 1.29 is 57.3 Å². The van der Waals surface area contributed by atoms with E-state index in [0.29, 0.717) is 0 Å². The van der Waals surface area contributed by atoms with Gasteiger partial charge < -0.3 is 33.3 Å². The molecule has 0 radical (unpaired) electrons. The number of carbonyl (C=O) groups is 5. The molecule has 1 heterocycles. The van der Waals surface area contributed by atoms with E-state index in [1.807, 2.05) is 0 Å². The van der Waals surface area contributed by atoms with Gasteiger partial charge in [0.2, 0.25) is 5.78 Å². The van der Waals surface area contributed by atoms with Gasteiger partial charge in [0.15, 0.2) is 11.4 Å². The second kappa shape index (κ2) is 11.8. The van der Waals surface area contributed by atoms with Gasteiger partial charge in [0, 0.05) is 54.4 Å². The lowest BCUT2D eigenvalue weighted by atomic mass is 9.45. The number of hydrogen-bond donors (Lipinski definition) is 1. The normalized spacial score (nSPS) is 37.7. The first-order chi connectivity index (χ1) is 21.5. The summed E-state index contributed by atoms with van der Waals surface area (Å²) in [4.78, 5) is 66.9. The molecule has 1 N–H and O–H groups in total. The Labute approximate surface area is 269 Å². The summed E-state index contributed by atoms with van der Waals surface area (Å²) in [6, 6.07) is 8.13. The quantitative estimate of drug-likeness (QED) is 0.270. The fourth-order valence-electron chi connectivity index (χ4n) is 8.41. The Hall–Kier alpha value is -3.18. The van der Waals surface area contributed by atoms with Gasteiger partial charge in [-0.15, -0.1) is 0 Å².